The van der Waals surface area contributed by atoms with Crippen LogP contribution < -0.4 is 15.4 Å². The fraction of sp³-hybridized carbons (Fsp3) is 0.360. The zero-order chi connectivity index (χ0) is 22.1. The summed E-state index contributed by atoms with van der Waals surface area (Å²) in [5, 5.41) is 6.98. The standard InChI is InChI=1S/C25H28N2O4/c1-14(2)31-17-11-9-16(10-12-17)23-22-20(26-18-7-5-6-8-19(18)27-23)13-15(3)21(24(22)28)25(29)30-4/h5-12,14-15,21,23,26-27H,13H2,1-4H3/t15-,21+,23+/m1/s1. The number of anilines is 2. The van der Waals surface area contributed by atoms with Crippen molar-refractivity contribution in [3.8, 4) is 5.75 Å². The molecule has 0 saturated heterocycles. The van der Waals surface area contributed by atoms with E-state index in [2.05, 4.69) is 10.6 Å². The Labute approximate surface area is 182 Å². The van der Waals surface area contributed by atoms with Crippen molar-refractivity contribution in [2.45, 2.75) is 39.3 Å². The normalized spacial score (nSPS) is 22.6. The van der Waals surface area contributed by atoms with Crippen LogP contribution in [0.5, 0.6) is 5.75 Å². The average molecular weight is 421 g/mol. The zero-order valence-corrected chi connectivity index (χ0v) is 18.3. The lowest BCUT2D eigenvalue weighted by Gasteiger charge is -2.32. The SMILES string of the molecule is COC(=O)[C@@H]1C(=O)C2=C(C[C@H]1C)Nc1ccccc1N[C@H]2c1ccc(OC(C)C)cc1. The molecule has 2 aliphatic rings. The molecule has 1 aliphatic carbocycles. The van der Waals surface area contributed by atoms with Crippen LogP contribution in [0.1, 0.15) is 38.8 Å². The number of hydrogen-bond acceptors (Lipinski definition) is 6. The predicted molar refractivity (Wildman–Crippen MR) is 120 cm³/mol. The quantitative estimate of drug-likeness (QED) is 0.551. The van der Waals surface area contributed by atoms with Gasteiger partial charge < -0.3 is 20.1 Å². The molecule has 0 bridgehead atoms. The minimum Gasteiger partial charge on any atom is -0.491 e. The van der Waals surface area contributed by atoms with Gasteiger partial charge in [0.1, 0.15) is 11.7 Å². The van der Waals surface area contributed by atoms with Gasteiger partial charge in [-0.2, -0.15) is 0 Å². The molecule has 4 rings (SSSR count). The van der Waals surface area contributed by atoms with E-state index in [9.17, 15) is 9.59 Å². The number of para-hydroxylation sites is 2. The Morgan fingerprint density at radius 1 is 1.06 bits per heavy atom. The number of carbonyl (C=O) groups is 2. The molecule has 6 heteroatoms. The lowest BCUT2D eigenvalue weighted by Crippen LogP contribution is -2.39. The van der Waals surface area contributed by atoms with Crippen molar-refractivity contribution < 1.29 is 19.1 Å². The van der Waals surface area contributed by atoms with E-state index in [4.69, 9.17) is 9.47 Å². The summed E-state index contributed by atoms with van der Waals surface area (Å²) in [6.07, 6.45) is 0.663. The van der Waals surface area contributed by atoms with Gasteiger partial charge in [0.15, 0.2) is 5.78 Å². The summed E-state index contributed by atoms with van der Waals surface area (Å²) in [5.41, 5.74) is 4.17. The lowest BCUT2D eigenvalue weighted by atomic mass is 9.75. The van der Waals surface area contributed by atoms with Gasteiger partial charge in [-0.1, -0.05) is 31.2 Å². The van der Waals surface area contributed by atoms with E-state index >= 15 is 0 Å². The number of esters is 1. The highest BCUT2D eigenvalue weighted by Gasteiger charge is 2.44. The number of ketones is 1. The molecule has 2 aromatic carbocycles. The Morgan fingerprint density at radius 3 is 2.39 bits per heavy atom. The fourth-order valence-electron chi connectivity index (χ4n) is 4.39. The largest absolute Gasteiger partial charge is 0.491 e. The molecule has 2 aromatic rings. The first kappa shape index (κ1) is 21.0. The van der Waals surface area contributed by atoms with Crippen LogP contribution in [0.4, 0.5) is 11.4 Å². The summed E-state index contributed by atoms with van der Waals surface area (Å²) in [5.74, 6) is -0.860. The van der Waals surface area contributed by atoms with Gasteiger partial charge in [-0.15, -0.1) is 0 Å². The lowest BCUT2D eigenvalue weighted by molar-refractivity contribution is -0.151. The van der Waals surface area contributed by atoms with E-state index < -0.39 is 17.9 Å². The van der Waals surface area contributed by atoms with E-state index in [1.807, 2.05) is 69.3 Å². The van der Waals surface area contributed by atoms with Crippen molar-refractivity contribution in [2.24, 2.45) is 11.8 Å². The molecule has 0 amide bonds. The molecule has 0 radical (unpaired) electrons. The van der Waals surface area contributed by atoms with Crippen LogP contribution in [-0.2, 0) is 14.3 Å². The molecule has 0 aromatic heterocycles. The second kappa shape index (κ2) is 8.46. The average Bonchev–Trinajstić information content (AvgIpc) is 2.90. The number of hydrogen-bond donors (Lipinski definition) is 2. The van der Waals surface area contributed by atoms with E-state index in [1.165, 1.54) is 7.11 Å². The Morgan fingerprint density at radius 2 is 1.74 bits per heavy atom. The van der Waals surface area contributed by atoms with Gasteiger partial charge >= 0.3 is 5.97 Å². The number of methoxy groups -OCH3 is 1. The molecular weight excluding hydrogens is 392 g/mol. The van der Waals surface area contributed by atoms with Crippen LogP contribution in [0.25, 0.3) is 0 Å². The summed E-state index contributed by atoms with van der Waals surface area (Å²) in [6.45, 7) is 5.88. The first-order chi connectivity index (χ1) is 14.9. The Balaban J connectivity index is 1.80. The van der Waals surface area contributed by atoms with Crippen molar-refractivity contribution >= 4 is 23.1 Å². The van der Waals surface area contributed by atoms with Crippen molar-refractivity contribution in [1.29, 1.82) is 0 Å². The van der Waals surface area contributed by atoms with Gasteiger partial charge in [0, 0.05) is 11.3 Å². The van der Waals surface area contributed by atoms with Gasteiger partial charge in [-0.3, -0.25) is 9.59 Å². The molecule has 0 fully saturated rings. The zero-order valence-electron chi connectivity index (χ0n) is 18.3. The van der Waals surface area contributed by atoms with Crippen LogP contribution in [-0.4, -0.2) is 25.0 Å². The molecule has 1 aliphatic heterocycles. The summed E-state index contributed by atoms with van der Waals surface area (Å²) >= 11 is 0. The molecule has 2 N–H and O–H groups in total. The van der Waals surface area contributed by atoms with Crippen LogP contribution >= 0.6 is 0 Å². The maximum Gasteiger partial charge on any atom is 0.316 e. The van der Waals surface area contributed by atoms with Crippen molar-refractivity contribution in [3.63, 3.8) is 0 Å². The van der Waals surface area contributed by atoms with Crippen molar-refractivity contribution in [3.05, 3.63) is 65.4 Å². The Kier molecular flexibility index (Phi) is 5.72. The summed E-state index contributed by atoms with van der Waals surface area (Å²) in [7, 11) is 1.33. The first-order valence-corrected chi connectivity index (χ1v) is 10.6. The summed E-state index contributed by atoms with van der Waals surface area (Å²) in [4.78, 5) is 26.0. The first-order valence-electron chi connectivity index (χ1n) is 10.6. The van der Waals surface area contributed by atoms with E-state index in [0.717, 1.165) is 28.4 Å². The highest BCUT2D eigenvalue weighted by Crippen LogP contribution is 2.43. The topological polar surface area (TPSA) is 76.7 Å². The molecule has 162 valence electrons. The highest BCUT2D eigenvalue weighted by atomic mass is 16.5. The highest BCUT2D eigenvalue weighted by molar-refractivity contribution is 6.11. The van der Waals surface area contributed by atoms with Gasteiger partial charge in [0.05, 0.1) is 30.6 Å². The van der Waals surface area contributed by atoms with E-state index in [1.54, 1.807) is 0 Å². The molecule has 3 atom stereocenters. The van der Waals surface area contributed by atoms with E-state index in [-0.39, 0.29) is 17.8 Å². The predicted octanol–water partition coefficient (Wildman–Crippen LogP) is 4.70. The number of nitrogens with one attached hydrogen (secondary N) is 2. The van der Waals surface area contributed by atoms with Crippen molar-refractivity contribution in [2.75, 3.05) is 17.7 Å². The van der Waals surface area contributed by atoms with Crippen LogP contribution in [0, 0.1) is 11.8 Å². The maximum absolute atomic E-state index is 13.6. The molecule has 1 heterocycles. The number of benzene rings is 2. The number of carbonyl (C=O) groups excluding carboxylic acids is 2. The smallest absolute Gasteiger partial charge is 0.316 e. The summed E-state index contributed by atoms with van der Waals surface area (Å²) in [6, 6.07) is 15.2. The minimum absolute atomic E-state index is 0.0782. The third kappa shape index (κ3) is 4.02. The second-order valence-electron chi connectivity index (χ2n) is 8.42. The molecule has 0 saturated carbocycles. The Bertz CT molecular complexity index is 1030. The van der Waals surface area contributed by atoms with Gasteiger partial charge in [-0.05, 0) is 56.0 Å². The third-order valence-corrected chi connectivity index (χ3v) is 5.81. The van der Waals surface area contributed by atoms with Crippen LogP contribution in [0.3, 0.4) is 0 Å². The molecule has 0 unspecified atom stereocenters. The number of ether oxygens (including phenoxy) is 2. The molecule has 0 spiro atoms. The van der Waals surface area contributed by atoms with Gasteiger partial charge in [0.2, 0.25) is 0 Å². The van der Waals surface area contributed by atoms with Crippen LogP contribution in [0.15, 0.2) is 59.8 Å². The Hall–Kier alpha value is -3.28. The second-order valence-corrected chi connectivity index (χ2v) is 8.42. The molecular formula is C25H28N2O4. The number of rotatable bonds is 4. The van der Waals surface area contributed by atoms with Gasteiger partial charge in [0.25, 0.3) is 0 Å². The minimum atomic E-state index is -0.806. The third-order valence-electron chi connectivity index (χ3n) is 5.81. The monoisotopic (exact) mass is 420 g/mol. The number of Topliss-reactive ketones (excluding diaryl/α,β-unsaturated/α-hetero) is 1. The van der Waals surface area contributed by atoms with Crippen molar-refractivity contribution in [1.82, 2.24) is 0 Å². The fourth-order valence-corrected chi connectivity index (χ4v) is 4.39. The van der Waals surface area contributed by atoms with E-state index in [0.29, 0.717) is 12.0 Å². The number of allylic oxidation sites excluding steroid dienone is 1. The number of fused-ring (bicyclic) bond motifs is 1. The molecule has 31 heavy (non-hydrogen) atoms. The maximum atomic E-state index is 13.6. The van der Waals surface area contributed by atoms with Crippen LogP contribution in [0.2, 0.25) is 0 Å². The molecule has 6 nitrogen and oxygen atoms in total. The van der Waals surface area contributed by atoms with Gasteiger partial charge in [-0.25, -0.2) is 0 Å². The summed E-state index contributed by atoms with van der Waals surface area (Å²) < 4.78 is 10.7.